The Morgan fingerprint density at radius 1 is 0.265 bits per heavy atom. The largest absolute Gasteiger partial charge is 0.377 e. The number of nitrogens with zero attached hydrogens (tertiary/aromatic N) is 1. The normalized spacial score (nSPS) is 23.4. The van der Waals surface area contributed by atoms with Crippen LogP contribution >= 0.6 is 0 Å². The average molecular weight is 826 g/mol. The van der Waals surface area contributed by atoms with Gasteiger partial charge in [0.25, 0.3) is 0 Å². The van der Waals surface area contributed by atoms with Gasteiger partial charge in [0.2, 0.25) is 5.60 Å². The summed E-state index contributed by atoms with van der Waals surface area (Å²) >= 11 is 0. The highest BCUT2D eigenvalue weighted by Crippen LogP contribution is 2.85. The van der Waals surface area contributed by atoms with Crippen molar-refractivity contribution in [2.75, 3.05) is 0 Å². The third kappa shape index (κ3) is 1.20. The monoisotopic (exact) mass is 825 g/mol. The second kappa shape index (κ2) is 5.32. The van der Waals surface area contributed by atoms with Crippen LogP contribution in [0.25, 0.3) is 291 Å². The lowest BCUT2D eigenvalue weighted by atomic mass is 9.52. The smallest absolute Gasteiger partial charge is 0.209 e. The summed E-state index contributed by atoms with van der Waals surface area (Å²) in [5.41, 5.74) is 10.6. The van der Waals surface area contributed by atoms with Crippen molar-refractivity contribution in [2.24, 2.45) is 5.16 Å². The van der Waals surface area contributed by atoms with Crippen molar-refractivity contribution in [1.82, 2.24) is 0 Å². The van der Waals surface area contributed by atoms with E-state index in [1.807, 2.05) is 0 Å². The van der Waals surface area contributed by atoms with Gasteiger partial charge in [-0.25, -0.2) is 0 Å². The van der Waals surface area contributed by atoms with Crippen LogP contribution in [0.3, 0.4) is 0 Å². The van der Waals surface area contributed by atoms with Crippen LogP contribution < -0.4 is 0 Å². The van der Waals surface area contributed by atoms with Crippen LogP contribution in [0, 0.1) is 0 Å². The first-order valence-corrected chi connectivity index (χ1v) is 25.1. The molecular weight excluding hydrogens is 823 g/mol. The zero-order valence-electron chi connectivity index (χ0n) is 34.1. The zero-order valence-corrected chi connectivity index (χ0v) is 34.1. The molecule has 1 aliphatic heterocycles. The van der Waals surface area contributed by atoms with Crippen molar-refractivity contribution in [3.8, 4) is 0 Å². The molecule has 0 radical (unpaired) electrons. The number of benzene rings is 18. The molecule has 1 heterocycles. The fourth-order valence-electron chi connectivity index (χ4n) is 24.7. The second-order valence-corrected chi connectivity index (χ2v) is 24.8. The maximum Gasteiger partial charge on any atom is 0.209 e. The zero-order chi connectivity index (χ0) is 39.9. The fourth-order valence-corrected chi connectivity index (χ4v) is 24.7. The molecule has 0 saturated heterocycles. The van der Waals surface area contributed by atoms with Gasteiger partial charge in [-0.15, -0.1) is 5.73 Å². The van der Waals surface area contributed by atoms with Crippen LogP contribution in [0.4, 0.5) is 0 Å². The highest BCUT2D eigenvalue weighted by atomic mass is 16.7. The maximum atomic E-state index is 8.04. The molecule has 0 aromatic heterocycles. The minimum atomic E-state index is -0.835. The van der Waals surface area contributed by atoms with Crippen molar-refractivity contribution < 1.29 is 4.84 Å². The van der Waals surface area contributed by atoms with Crippen LogP contribution in [0.5, 0.6) is 0 Å². The van der Waals surface area contributed by atoms with Crippen molar-refractivity contribution >= 4 is 297 Å². The minimum Gasteiger partial charge on any atom is -0.377 e. The van der Waals surface area contributed by atoms with Crippen LogP contribution in [0.2, 0.25) is 0 Å². The van der Waals surface area contributed by atoms with Crippen molar-refractivity contribution in [3.63, 3.8) is 0 Å². The molecule has 6 aliphatic rings. The first-order valence-electron chi connectivity index (χ1n) is 25.1. The molecule has 2 spiro atoms. The number of rotatable bonds is 1. The van der Waals surface area contributed by atoms with Gasteiger partial charge in [-0.05, 0) is 314 Å². The van der Waals surface area contributed by atoms with Gasteiger partial charge in [0, 0.05) is 16.7 Å². The molecule has 0 atom stereocenters. The highest BCUT2D eigenvalue weighted by Gasteiger charge is 2.76. The van der Waals surface area contributed by atoms with Gasteiger partial charge in [0.15, 0.2) is 0 Å². The van der Waals surface area contributed by atoms with E-state index in [-0.39, 0.29) is 0 Å². The molecular formula is C66H3NO. The Morgan fingerprint density at radius 3 is 0.676 bits per heavy atom. The number of hydrogen-bond acceptors (Lipinski definition) is 2. The van der Waals surface area contributed by atoms with Crippen LogP contribution in [0.15, 0.2) is 34.7 Å². The van der Waals surface area contributed by atoms with Crippen LogP contribution in [0.1, 0.15) is 22.3 Å². The summed E-state index contributed by atoms with van der Waals surface area (Å²) in [6, 6.07) is 0. The summed E-state index contributed by atoms with van der Waals surface area (Å²) in [5.74, 6) is 0. The molecule has 0 amide bonds. The summed E-state index contributed by atoms with van der Waals surface area (Å²) in [7, 11) is 0. The molecule has 34 rings (SSSR count). The predicted octanol–water partition coefficient (Wildman–Crippen LogP) is 17.3. The first kappa shape index (κ1) is 24.1. The van der Waals surface area contributed by atoms with Crippen molar-refractivity contribution in [1.29, 1.82) is 0 Å². The van der Waals surface area contributed by atoms with Gasteiger partial charge >= 0.3 is 0 Å². The molecule has 0 bridgehead atoms. The van der Waals surface area contributed by atoms with Crippen molar-refractivity contribution in [3.05, 3.63) is 51.8 Å². The maximum absolute atomic E-state index is 8.04. The van der Waals surface area contributed by atoms with Crippen molar-refractivity contribution in [2.45, 2.75) is 11.0 Å². The lowest BCUT2D eigenvalue weighted by molar-refractivity contribution is -0.0122. The summed E-state index contributed by atoms with van der Waals surface area (Å²) in [6.07, 6.45) is 6.65. The summed E-state index contributed by atoms with van der Waals surface area (Å²) in [4.78, 5) is 8.04. The Morgan fingerprint density at radius 2 is 0.471 bits per heavy atom. The van der Waals surface area contributed by atoms with E-state index in [1.165, 1.54) is 32.7 Å². The summed E-state index contributed by atoms with van der Waals surface area (Å²) < 4.78 is 0. The fraction of sp³-hybridized carbons (Fsp3) is 0.0303. The lowest BCUT2D eigenvalue weighted by Gasteiger charge is -2.47. The van der Waals surface area contributed by atoms with Crippen LogP contribution in [-0.2, 0) is 15.9 Å². The average Bonchev–Trinajstić information content (AvgIpc) is 4.19. The van der Waals surface area contributed by atoms with E-state index in [9.17, 15) is 0 Å². The van der Waals surface area contributed by atoms with Gasteiger partial charge in [-0.2, -0.15) is 0 Å². The molecule has 0 N–H and O–H groups in total. The topological polar surface area (TPSA) is 21.6 Å². The van der Waals surface area contributed by atoms with E-state index >= 15 is 0 Å². The van der Waals surface area contributed by atoms with Crippen LogP contribution in [-0.4, -0.2) is 5.71 Å². The van der Waals surface area contributed by atoms with E-state index < -0.39 is 11.0 Å². The predicted molar refractivity (Wildman–Crippen MR) is 283 cm³/mol. The lowest BCUT2D eigenvalue weighted by Crippen LogP contribution is -2.54. The second-order valence-electron chi connectivity index (χ2n) is 24.8. The number of allylic oxidation sites excluding steroid dienone is 3. The summed E-state index contributed by atoms with van der Waals surface area (Å²) in [5, 5.41) is 92.2. The van der Waals surface area contributed by atoms with E-state index in [4.69, 9.17) is 9.99 Å². The Hall–Kier alpha value is -8.81. The highest BCUT2D eigenvalue weighted by molar-refractivity contribution is 6.82. The SMILES string of the molecule is C1=CC=CC=1C1=NOC23c4c5c6c7c8c9c(c%10c%11c2c2c4c4c%12c5c5c6c6c8c8c%13c9c9c%10c%10c%11c%11c2c2c4c4c%12c%12c5c5c6c8c6c8c%13c9c9c%10c%10c%11c2c2c4c4c%12c5c6c5c8c9c%10c2c45)C173. The van der Waals surface area contributed by atoms with E-state index in [0.29, 0.717) is 0 Å². The van der Waals surface area contributed by atoms with E-state index in [1.54, 1.807) is 280 Å². The summed E-state index contributed by atoms with van der Waals surface area (Å²) in [6.45, 7) is 0. The third-order valence-electron chi connectivity index (χ3n) is 24.7. The van der Waals surface area contributed by atoms with E-state index in [0.717, 1.165) is 11.3 Å². The molecule has 28 aromatic carbocycles. The number of oxime groups is 1. The Balaban J connectivity index is 1.22. The van der Waals surface area contributed by atoms with Gasteiger partial charge < -0.3 is 4.84 Å². The Kier molecular flexibility index (Phi) is 1.88. The molecule has 0 saturated carbocycles. The molecule has 68 heavy (non-hydrogen) atoms. The molecule has 28 aromatic rings. The molecule has 278 valence electrons. The molecule has 0 fully saturated rings. The Bertz CT molecular complexity index is 7210. The molecule has 2 nitrogen and oxygen atoms in total. The number of hydrogen-bond donors (Lipinski definition) is 0. The first-order chi connectivity index (χ1) is 33.9. The molecule has 2 heteroatoms. The molecule has 0 unspecified atom stereocenters. The third-order valence-corrected chi connectivity index (χ3v) is 24.7. The van der Waals surface area contributed by atoms with E-state index in [2.05, 4.69) is 24.0 Å². The van der Waals surface area contributed by atoms with Gasteiger partial charge in [0.1, 0.15) is 11.1 Å². The van der Waals surface area contributed by atoms with Gasteiger partial charge in [-0.1, -0.05) is 11.2 Å². The van der Waals surface area contributed by atoms with Gasteiger partial charge in [-0.3, -0.25) is 0 Å². The molecule has 5 aliphatic carbocycles. The standard InChI is InChI=1S/C66H3NO/c1-2-4-5(3-1)64-65-60-52-44-34-24-16-8-6-7-10-14-12(8)20-28-22(14)32-26-18(10)19-11(7)15-13-9(6)17(16)25-31-21(13)29-23(15)33-27(19)37-36(26)48-42(32)50-40(28)46(38(44)30(20)24)54(60)56(50)62-58(48)59-49(37)43(33)51-41(29)47-39(31)45(35(25)34)53(52)61(65)55(47)57(51)63(59)66(62,65)68-67-64/h1-3H. The Labute approximate surface area is 367 Å². The van der Waals surface area contributed by atoms with Gasteiger partial charge in [0.05, 0.1) is 0 Å². The minimum absolute atomic E-state index is 0.663. The quantitative estimate of drug-likeness (QED) is 0.119.